The van der Waals surface area contributed by atoms with Gasteiger partial charge in [0, 0.05) is 43.7 Å². The van der Waals surface area contributed by atoms with Crippen molar-refractivity contribution in [3.63, 3.8) is 0 Å². The number of carbonyl (C=O) groups is 3. The highest BCUT2D eigenvalue weighted by molar-refractivity contribution is 5.95. The summed E-state index contributed by atoms with van der Waals surface area (Å²) in [5.74, 6) is -1.05. The van der Waals surface area contributed by atoms with E-state index in [1.807, 2.05) is 42.2 Å². The zero-order valence-corrected chi connectivity index (χ0v) is 23.7. The van der Waals surface area contributed by atoms with Crippen LogP contribution in [0.15, 0.2) is 67.0 Å². The van der Waals surface area contributed by atoms with Crippen LogP contribution < -0.4 is 5.32 Å². The molecule has 0 bridgehead atoms. The summed E-state index contributed by atoms with van der Waals surface area (Å²) in [6.45, 7) is 8.11. The lowest BCUT2D eigenvalue weighted by Gasteiger charge is -2.50. The molecule has 2 saturated heterocycles. The first-order valence-corrected chi connectivity index (χ1v) is 14.2. The Balaban J connectivity index is 1.18. The lowest BCUT2D eigenvalue weighted by atomic mass is 9.70. The summed E-state index contributed by atoms with van der Waals surface area (Å²) in [7, 11) is 0. The Kier molecular flexibility index (Phi) is 6.71. The Labute approximate surface area is 239 Å². The summed E-state index contributed by atoms with van der Waals surface area (Å²) in [5, 5.41) is 7.44. The van der Waals surface area contributed by atoms with Crippen molar-refractivity contribution in [2.75, 3.05) is 26.2 Å². The summed E-state index contributed by atoms with van der Waals surface area (Å²) in [6.07, 6.45) is 4.19. The number of hydrogen-bond acceptors (Lipinski definition) is 4. The number of likely N-dealkylation sites (tertiary alicyclic amines) is 2. The number of aromatic nitrogens is 2. The molecule has 3 atom stereocenters. The van der Waals surface area contributed by atoms with Gasteiger partial charge < -0.3 is 15.1 Å². The van der Waals surface area contributed by atoms with Crippen molar-refractivity contribution < 1.29 is 18.8 Å². The lowest BCUT2D eigenvalue weighted by molar-refractivity contribution is -0.151. The number of benzene rings is 2. The number of halogens is 1. The molecule has 214 valence electrons. The highest BCUT2D eigenvalue weighted by Gasteiger charge is 2.61. The van der Waals surface area contributed by atoms with E-state index in [2.05, 4.69) is 24.3 Å². The zero-order chi connectivity index (χ0) is 28.9. The number of hydrogen-bond donors (Lipinski definition) is 1. The average Bonchev–Trinajstić information content (AvgIpc) is 3.25. The fraction of sp³-hybridized carbons (Fsp3) is 0.438. The molecule has 1 aromatic heterocycles. The summed E-state index contributed by atoms with van der Waals surface area (Å²) in [5.41, 5.74) is 1.73. The first-order chi connectivity index (χ1) is 19.5. The monoisotopic (exact) mass is 557 g/mol. The smallest absolute Gasteiger partial charge is 0.257 e. The highest BCUT2D eigenvalue weighted by Crippen LogP contribution is 2.54. The van der Waals surface area contributed by atoms with Crippen LogP contribution in [-0.4, -0.2) is 63.5 Å². The van der Waals surface area contributed by atoms with Crippen LogP contribution in [0.5, 0.6) is 0 Å². The normalized spacial score (nSPS) is 22.7. The standard InChI is InChI=1S/C32H36FN5O3/c1-21(23-10-7-11-25(33)12-23)35-28(39)27-17-36(18-32(27)19-37(20-32)30(41)26-13-31(26,2)3)29(40)24-14-34-38(16-24)15-22-8-5-4-6-9-22/h4-12,14,16,21,26-27H,13,15,17-20H2,1-3H3,(H,35,39)/t21-,26-,27-/m1/s1. The number of rotatable bonds is 7. The molecule has 8 nitrogen and oxygen atoms in total. The minimum absolute atomic E-state index is 0.0224. The summed E-state index contributed by atoms with van der Waals surface area (Å²) < 4.78 is 15.6. The van der Waals surface area contributed by atoms with Gasteiger partial charge in [-0.25, -0.2) is 4.39 Å². The van der Waals surface area contributed by atoms with Crippen molar-refractivity contribution >= 4 is 17.7 Å². The molecule has 0 radical (unpaired) electrons. The SMILES string of the molecule is C[C@@H](NC(=O)[C@H]1CN(C(=O)c2cnn(Cc3ccccc3)c2)CC12CN(C(=O)[C@H]1CC1(C)C)C2)c1cccc(F)c1. The fourth-order valence-corrected chi connectivity index (χ4v) is 6.47. The first-order valence-electron chi connectivity index (χ1n) is 14.2. The molecule has 2 aromatic carbocycles. The van der Waals surface area contributed by atoms with E-state index in [0.29, 0.717) is 37.3 Å². The molecule has 9 heteroatoms. The third-order valence-electron chi connectivity index (χ3n) is 9.16. The predicted octanol–water partition coefficient (Wildman–Crippen LogP) is 3.89. The van der Waals surface area contributed by atoms with Crippen molar-refractivity contribution in [1.82, 2.24) is 24.9 Å². The van der Waals surface area contributed by atoms with Crippen molar-refractivity contribution in [2.24, 2.45) is 22.7 Å². The van der Waals surface area contributed by atoms with Gasteiger partial charge >= 0.3 is 0 Å². The van der Waals surface area contributed by atoms with Crippen LogP contribution in [0.1, 0.15) is 54.7 Å². The third kappa shape index (κ3) is 5.25. The van der Waals surface area contributed by atoms with Crippen LogP contribution in [0.3, 0.4) is 0 Å². The molecule has 1 aliphatic carbocycles. The predicted molar refractivity (Wildman–Crippen MR) is 151 cm³/mol. The average molecular weight is 558 g/mol. The maximum Gasteiger partial charge on any atom is 0.257 e. The van der Waals surface area contributed by atoms with E-state index >= 15 is 0 Å². The molecule has 3 aromatic rings. The topological polar surface area (TPSA) is 87.5 Å². The summed E-state index contributed by atoms with van der Waals surface area (Å²) in [4.78, 5) is 44.0. The molecule has 1 N–H and O–H groups in total. The van der Waals surface area contributed by atoms with E-state index in [-0.39, 0.29) is 41.4 Å². The Hall–Kier alpha value is -4.01. The van der Waals surface area contributed by atoms with Crippen LogP contribution in [0.25, 0.3) is 0 Å². The van der Waals surface area contributed by atoms with E-state index in [4.69, 9.17) is 0 Å². The molecule has 0 unspecified atom stereocenters. The molecule has 2 aliphatic heterocycles. The van der Waals surface area contributed by atoms with Gasteiger partial charge in [-0.05, 0) is 42.0 Å². The largest absolute Gasteiger partial charge is 0.349 e. The van der Waals surface area contributed by atoms with E-state index in [1.54, 1.807) is 34.1 Å². The quantitative estimate of drug-likeness (QED) is 0.478. The molecule has 3 fully saturated rings. The van der Waals surface area contributed by atoms with Gasteiger partial charge in [-0.3, -0.25) is 19.1 Å². The lowest BCUT2D eigenvalue weighted by Crippen LogP contribution is -2.64. The van der Waals surface area contributed by atoms with Gasteiger partial charge in [0.15, 0.2) is 0 Å². The maximum atomic E-state index is 13.8. The third-order valence-corrected chi connectivity index (χ3v) is 9.16. The number of nitrogens with one attached hydrogen (secondary N) is 1. The molecule has 3 heterocycles. The van der Waals surface area contributed by atoms with Crippen LogP contribution >= 0.6 is 0 Å². The van der Waals surface area contributed by atoms with Crippen LogP contribution in [0.4, 0.5) is 4.39 Å². The number of amides is 3. The van der Waals surface area contributed by atoms with Gasteiger partial charge in [-0.1, -0.05) is 56.3 Å². The zero-order valence-electron chi connectivity index (χ0n) is 23.7. The Morgan fingerprint density at radius 2 is 1.73 bits per heavy atom. The van der Waals surface area contributed by atoms with Crippen molar-refractivity contribution in [3.05, 3.63) is 89.5 Å². The molecule has 3 aliphatic rings. The van der Waals surface area contributed by atoms with Gasteiger partial charge in [-0.2, -0.15) is 5.10 Å². The molecular weight excluding hydrogens is 521 g/mol. The first kappa shape index (κ1) is 27.2. The van der Waals surface area contributed by atoms with Crippen LogP contribution in [0, 0.1) is 28.5 Å². The molecule has 6 rings (SSSR count). The Morgan fingerprint density at radius 3 is 2.41 bits per heavy atom. The van der Waals surface area contributed by atoms with Crippen LogP contribution in [-0.2, 0) is 16.1 Å². The second kappa shape index (κ2) is 10.1. The Morgan fingerprint density at radius 1 is 1.02 bits per heavy atom. The molecule has 1 saturated carbocycles. The van der Waals surface area contributed by atoms with E-state index in [0.717, 1.165) is 12.0 Å². The van der Waals surface area contributed by atoms with Crippen LogP contribution in [0.2, 0.25) is 0 Å². The van der Waals surface area contributed by atoms with Gasteiger partial charge in [0.1, 0.15) is 5.82 Å². The van der Waals surface area contributed by atoms with Gasteiger partial charge in [-0.15, -0.1) is 0 Å². The second-order valence-corrected chi connectivity index (χ2v) is 12.7. The van der Waals surface area contributed by atoms with Gasteiger partial charge in [0.05, 0.1) is 30.3 Å². The van der Waals surface area contributed by atoms with Crippen molar-refractivity contribution in [2.45, 2.75) is 39.8 Å². The molecule has 41 heavy (non-hydrogen) atoms. The molecule has 1 spiro atoms. The van der Waals surface area contributed by atoms with Gasteiger partial charge in [0.25, 0.3) is 5.91 Å². The summed E-state index contributed by atoms with van der Waals surface area (Å²) >= 11 is 0. The Bertz CT molecular complexity index is 1480. The van der Waals surface area contributed by atoms with E-state index < -0.39 is 17.4 Å². The van der Waals surface area contributed by atoms with Crippen molar-refractivity contribution in [1.29, 1.82) is 0 Å². The minimum Gasteiger partial charge on any atom is -0.349 e. The van der Waals surface area contributed by atoms with Crippen molar-refractivity contribution in [3.8, 4) is 0 Å². The van der Waals surface area contributed by atoms with E-state index in [9.17, 15) is 18.8 Å². The number of carbonyl (C=O) groups excluding carboxylic acids is 3. The maximum absolute atomic E-state index is 13.8. The van der Waals surface area contributed by atoms with E-state index in [1.165, 1.54) is 12.1 Å². The summed E-state index contributed by atoms with van der Waals surface area (Å²) in [6, 6.07) is 15.7. The highest BCUT2D eigenvalue weighted by atomic mass is 19.1. The fourth-order valence-electron chi connectivity index (χ4n) is 6.47. The molecular formula is C32H36FN5O3. The second-order valence-electron chi connectivity index (χ2n) is 12.7. The minimum atomic E-state index is -0.518. The van der Waals surface area contributed by atoms with Gasteiger partial charge in [0.2, 0.25) is 11.8 Å². The molecule has 3 amide bonds. The number of nitrogens with zero attached hydrogens (tertiary/aromatic N) is 4.